The van der Waals surface area contributed by atoms with Crippen molar-refractivity contribution >= 4 is 11.6 Å². The Morgan fingerprint density at radius 1 is 0.939 bits per heavy atom. The Kier molecular flexibility index (Phi) is 4.89. The molecule has 0 amide bonds. The van der Waals surface area contributed by atoms with Gasteiger partial charge >= 0.3 is 0 Å². The Balaban J connectivity index is 1.75. The van der Waals surface area contributed by atoms with E-state index in [4.69, 9.17) is 9.78 Å². The SMILES string of the molecule is CC1C(O)C(C)C(C)(C)OOC23CCC1C2(C)C(O)C=C1C3=CC(=O)C2=CC(=O)CCC21C. The lowest BCUT2D eigenvalue weighted by atomic mass is 9.51. The van der Waals surface area contributed by atoms with Crippen molar-refractivity contribution in [2.75, 3.05) is 0 Å². The average Bonchev–Trinajstić information content (AvgIpc) is 3.08. The summed E-state index contributed by atoms with van der Waals surface area (Å²) >= 11 is 0. The largest absolute Gasteiger partial charge is 0.392 e. The Bertz CT molecular complexity index is 1020. The maximum atomic E-state index is 13.4. The number of carbonyl (C=O) groups excluding carboxylic acids is 2. The number of allylic oxidation sites excluding steroid dienone is 3. The lowest BCUT2D eigenvalue weighted by molar-refractivity contribution is -0.425. The van der Waals surface area contributed by atoms with Crippen LogP contribution in [0.5, 0.6) is 0 Å². The second kappa shape index (κ2) is 6.97. The minimum Gasteiger partial charge on any atom is -0.392 e. The number of aliphatic hydroxyl groups excluding tert-OH is 2. The van der Waals surface area contributed by atoms with E-state index < -0.39 is 34.2 Å². The Morgan fingerprint density at radius 3 is 2.33 bits per heavy atom. The van der Waals surface area contributed by atoms with Crippen LogP contribution in [0.2, 0.25) is 0 Å². The highest BCUT2D eigenvalue weighted by Crippen LogP contribution is 2.68. The molecule has 1 aliphatic heterocycles. The number of hydrogen-bond acceptors (Lipinski definition) is 6. The van der Waals surface area contributed by atoms with Crippen LogP contribution in [0.4, 0.5) is 0 Å². The second-order valence-corrected chi connectivity index (χ2v) is 12.0. The van der Waals surface area contributed by atoms with E-state index in [1.165, 1.54) is 6.08 Å². The van der Waals surface area contributed by atoms with Gasteiger partial charge in [0.25, 0.3) is 0 Å². The van der Waals surface area contributed by atoms with E-state index in [0.717, 1.165) is 17.6 Å². The molecule has 1 heterocycles. The number of ketones is 2. The van der Waals surface area contributed by atoms with Gasteiger partial charge in [-0.1, -0.05) is 33.8 Å². The first-order chi connectivity index (χ1) is 15.3. The van der Waals surface area contributed by atoms with Gasteiger partial charge in [-0.25, -0.2) is 9.78 Å². The minimum atomic E-state index is -1.03. The standard InChI is InChI=1S/C27H36O6/c1-14-17-8-10-27(33-32-24(3,4)15(2)23(14)31)19-12-21(29)20-11-16(28)7-9-25(20,5)18(19)13-22(30)26(17,27)6/h11-15,17,22-23,30-31H,7-10H2,1-6H3. The molecule has 6 nitrogen and oxygen atoms in total. The predicted molar refractivity (Wildman–Crippen MR) is 122 cm³/mol. The number of fused-ring (bicyclic) bond motifs is 3. The van der Waals surface area contributed by atoms with Gasteiger partial charge in [0.05, 0.1) is 12.2 Å². The van der Waals surface area contributed by atoms with Crippen molar-refractivity contribution in [2.45, 2.75) is 90.6 Å². The van der Waals surface area contributed by atoms with Crippen LogP contribution in [0, 0.1) is 28.6 Å². The van der Waals surface area contributed by atoms with Gasteiger partial charge in [0.1, 0.15) is 11.2 Å². The smallest absolute Gasteiger partial charge is 0.183 e. The number of carbonyl (C=O) groups is 2. The molecule has 0 spiro atoms. The first kappa shape index (κ1) is 23.2. The fourth-order valence-electron chi connectivity index (χ4n) is 7.50. The van der Waals surface area contributed by atoms with E-state index in [9.17, 15) is 19.8 Å². The maximum Gasteiger partial charge on any atom is 0.183 e. The minimum absolute atomic E-state index is 0.0332. The van der Waals surface area contributed by atoms with E-state index in [0.29, 0.717) is 24.8 Å². The van der Waals surface area contributed by atoms with Gasteiger partial charge in [0.15, 0.2) is 11.6 Å². The Labute approximate surface area is 195 Å². The van der Waals surface area contributed by atoms with Crippen molar-refractivity contribution in [1.82, 2.24) is 0 Å². The summed E-state index contributed by atoms with van der Waals surface area (Å²) in [5.74, 6) is -0.530. The summed E-state index contributed by atoms with van der Waals surface area (Å²) in [6.45, 7) is 11.8. The molecule has 2 bridgehead atoms. The lowest BCUT2D eigenvalue weighted by Crippen LogP contribution is -2.60. The molecule has 0 radical (unpaired) electrons. The van der Waals surface area contributed by atoms with E-state index in [1.54, 1.807) is 6.08 Å². The van der Waals surface area contributed by atoms with Crippen molar-refractivity contribution in [2.24, 2.45) is 28.6 Å². The molecular weight excluding hydrogens is 420 g/mol. The van der Waals surface area contributed by atoms with Crippen molar-refractivity contribution in [3.8, 4) is 0 Å². The van der Waals surface area contributed by atoms with Gasteiger partial charge < -0.3 is 10.2 Å². The third-order valence-corrected chi connectivity index (χ3v) is 10.2. The molecule has 8 unspecified atom stereocenters. The summed E-state index contributed by atoms with van der Waals surface area (Å²) in [5, 5.41) is 23.0. The molecule has 1 saturated heterocycles. The van der Waals surface area contributed by atoms with Gasteiger partial charge in [0.2, 0.25) is 0 Å². The molecular formula is C27H36O6. The zero-order valence-electron chi connectivity index (χ0n) is 20.5. The maximum absolute atomic E-state index is 13.4. The van der Waals surface area contributed by atoms with E-state index >= 15 is 0 Å². The van der Waals surface area contributed by atoms with Crippen molar-refractivity contribution < 1.29 is 29.6 Å². The molecule has 1 saturated carbocycles. The number of aliphatic hydroxyl groups is 2. The highest BCUT2D eigenvalue weighted by Gasteiger charge is 2.70. The predicted octanol–water partition coefficient (Wildman–Crippen LogP) is 3.62. The van der Waals surface area contributed by atoms with Crippen molar-refractivity contribution in [1.29, 1.82) is 0 Å². The van der Waals surface area contributed by atoms with Crippen LogP contribution < -0.4 is 0 Å². The zero-order valence-corrected chi connectivity index (χ0v) is 20.5. The monoisotopic (exact) mass is 456 g/mol. The molecule has 180 valence electrons. The molecule has 2 N–H and O–H groups in total. The quantitative estimate of drug-likeness (QED) is 0.541. The fourth-order valence-corrected chi connectivity index (χ4v) is 7.50. The average molecular weight is 457 g/mol. The summed E-state index contributed by atoms with van der Waals surface area (Å²) in [7, 11) is 0. The molecule has 0 aromatic heterocycles. The number of hydrogen-bond donors (Lipinski definition) is 2. The third kappa shape index (κ3) is 2.75. The van der Waals surface area contributed by atoms with Gasteiger partial charge in [-0.2, -0.15) is 0 Å². The van der Waals surface area contributed by atoms with Crippen LogP contribution in [-0.2, 0) is 19.4 Å². The Hall–Kier alpha value is -1.60. The van der Waals surface area contributed by atoms with Crippen LogP contribution in [0.3, 0.4) is 0 Å². The molecule has 4 aliphatic carbocycles. The lowest BCUT2D eigenvalue weighted by Gasteiger charge is -2.56. The van der Waals surface area contributed by atoms with E-state index in [1.807, 2.05) is 40.7 Å². The summed E-state index contributed by atoms with van der Waals surface area (Å²) < 4.78 is 0. The van der Waals surface area contributed by atoms with Crippen LogP contribution in [-0.4, -0.2) is 45.2 Å². The van der Waals surface area contributed by atoms with Crippen molar-refractivity contribution in [3.05, 3.63) is 34.9 Å². The summed E-state index contributed by atoms with van der Waals surface area (Å²) in [5.41, 5.74) is -1.10. The third-order valence-electron chi connectivity index (χ3n) is 10.2. The summed E-state index contributed by atoms with van der Waals surface area (Å²) in [6.07, 6.45) is 5.71. The van der Waals surface area contributed by atoms with Crippen LogP contribution >= 0.6 is 0 Å². The van der Waals surface area contributed by atoms with Gasteiger partial charge in [-0.15, -0.1) is 0 Å². The molecule has 8 atom stereocenters. The van der Waals surface area contributed by atoms with Gasteiger partial charge in [0, 0.05) is 28.7 Å². The molecule has 6 heteroatoms. The highest BCUT2D eigenvalue weighted by atomic mass is 17.2. The van der Waals surface area contributed by atoms with Gasteiger partial charge in [-0.05, 0) is 68.2 Å². The Morgan fingerprint density at radius 2 is 1.64 bits per heavy atom. The molecule has 0 aromatic rings. The van der Waals surface area contributed by atoms with Crippen molar-refractivity contribution in [3.63, 3.8) is 0 Å². The van der Waals surface area contributed by atoms with Crippen LogP contribution in [0.15, 0.2) is 34.9 Å². The van der Waals surface area contributed by atoms with Crippen LogP contribution in [0.25, 0.3) is 0 Å². The van der Waals surface area contributed by atoms with Crippen LogP contribution in [0.1, 0.15) is 67.2 Å². The first-order valence-corrected chi connectivity index (χ1v) is 12.3. The first-order valence-electron chi connectivity index (χ1n) is 12.3. The topological polar surface area (TPSA) is 93.1 Å². The zero-order chi connectivity index (χ0) is 24.1. The van der Waals surface area contributed by atoms with E-state index in [-0.39, 0.29) is 29.3 Å². The normalized spacial score (nSPS) is 48.8. The summed E-state index contributed by atoms with van der Waals surface area (Å²) in [4.78, 5) is 38.1. The fraction of sp³-hybridized carbons (Fsp3) is 0.704. The van der Waals surface area contributed by atoms with E-state index in [2.05, 4.69) is 6.92 Å². The summed E-state index contributed by atoms with van der Waals surface area (Å²) in [6, 6.07) is 0. The van der Waals surface area contributed by atoms with Gasteiger partial charge in [-0.3, -0.25) is 9.59 Å². The number of rotatable bonds is 0. The second-order valence-electron chi connectivity index (χ2n) is 12.0. The molecule has 33 heavy (non-hydrogen) atoms. The molecule has 5 aliphatic rings. The molecule has 5 rings (SSSR count). The molecule has 2 fully saturated rings. The highest BCUT2D eigenvalue weighted by molar-refractivity contribution is 6.13. The molecule has 0 aromatic carbocycles.